The molecule has 0 aromatic carbocycles. The molecule has 1 aliphatic rings. The molecule has 6 heteroatoms. The van der Waals surface area contributed by atoms with E-state index >= 15 is 0 Å². The molecule has 0 aliphatic heterocycles. The summed E-state index contributed by atoms with van der Waals surface area (Å²) in [6.07, 6.45) is 2.64. The van der Waals surface area contributed by atoms with Gasteiger partial charge in [-0.2, -0.15) is 0 Å². The van der Waals surface area contributed by atoms with E-state index < -0.39 is 0 Å². The van der Waals surface area contributed by atoms with Crippen molar-refractivity contribution in [3.63, 3.8) is 0 Å². The van der Waals surface area contributed by atoms with E-state index in [0.717, 1.165) is 12.5 Å². The van der Waals surface area contributed by atoms with Crippen LogP contribution in [-0.4, -0.2) is 35.5 Å². The summed E-state index contributed by atoms with van der Waals surface area (Å²) >= 11 is 0. The Labute approximate surface area is 114 Å². The van der Waals surface area contributed by atoms with Crippen LogP contribution in [-0.2, 0) is 11.3 Å². The summed E-state index contributed by atoms with van der Waals surface area (Å²) in [6, 6.07) is 0.459. The quantitative estimate of drug-likeness (QED) is 0.700. The lowest BCUT2D eigenvalue weighted by Crippen LogP contribution is -2.35. The van der Waals surface area contributed by atoms with Crippen molar-refractivity contribution < 1.29 is 9.15 Å². The molecule has 1 fully saturated rings. The summed E-state index contributed by atoms with van der Waals surface area (Å²) in [5.41, 5.74) is 0.0404. The average Bonchev–Trinajstić information content (AvgIpc) is 3.04. The fourth-order valence-corrected chi connectivity index (χ4v) is 1.50. The molecular formula is C13H24N4O2. The number of ether oxygens (including phenoxy) is 1. The van der Waals surface area contributed by atoms with Gasteiger partial charge in [-0.05, 0) is 39.5 Å². The van der Waals surface area contributed by atoms with Crippen LogP contribution in [0, 0.1) is 5.92 Å². The molecule has 0 saturated heterocycles. The van der Waals surface area contributed by atoms with E-state index in [2.05, 4.69) is 41.6 Å². The van der Waals surface area contributed by atoms with Gasteiger partial charge in [-0.25, -0.2) is 0 Å². The van der Waals surface area contributed by atoms with Gasteiger partial charge in [0, 0.05) is 18.7 Å². The Morgan fingerprint density at radius 3 is 2.79 bits per heavy atom. The molecule has 0 amide bonds. The average molecular weight is 268 g/mol. The molecule has 2 rings (SSSR count). The number of hydrogen-bond acceptors (Lipinski definition) is 6. The van der Waals surface area contributed by atoms with E-state index in [1.807, 2.05) is 0 Å². The van der Waals surface area contributed by atoms with Crippen LogP contribution in [0.3, 0.4) is 0 Å². The number of hydrogen-bond donors (Lipinski definition) is 2. The first-order valence-corrected chi connectivity index (χ1v) is 6.92. The predicted molar refractivity (Wildman–Crippen MR) is 72.9 cm³/mol. The zero-order chi connectivity index (χ0) is 13.7. The van der Waals surface area contributed by atoms with Crippen molar-refractivity contribution in [3.8, 4) is 0 Å². The summed E-state index contributed by atoms with van der Waals surface area (Å²) in [4.78, 5) is 0. The predicted octanol–water partition coefficient (Wildman–Crippen LogP) is 1.80. The number of rotatable bonds is 8. The summed E-state index contributed by atoms with van der Waals surface area (Å²) < 4.78 is 11.0. The third-order valence-electron chi connectivity index (χ3n) is 2.81. The van der Waals surface area contributed by atoms with E-state index in [9.17, 15) is 0 Å². The van der Waals surface area contributed by atoms with Crippen molar-refractivity contribution in [1.82, 2.24) is 15.5 Å². The molecule has 1 aromatic rings. The Morgan fingerprint density at radius 1 is 1.32 bits per heavy atom. The first-order valence-electron chi connectivity index (χ1n) is 6.92. The maximum Gasteiger partial charge on any atom is 0.315 e. The van der Waals surface area contributed by atoms with E-state index in [0.29, 0.717) is 31.6 Å². The van der Waals surface area contributed by atoms with Crippen molar-refractivity contribution in [2.75, 3.05) is 25.1 Å². The lowest BCUT2D eigenvalue weighted by Gasteiger charge is -2.18. The van der Waals surface area contributed by atoms with Gasteiger partial charge in [0.05, 0.1) is 13.2 Å². The summed E-state index contributed by atoms with van der Waals surface area (Å²) in [5.74, 6) is 1.40. The number of anilines is 1. The molecule has 1 saturated carbocycles. The largest absolute Gasteiger partial charge is 0.407 e. The summed E-state index contributed by atoms with van der Waals surface area (Å²) in [7, 11) is 0. The lowest BCUT2D eigenvalue weighted by atomic mass is 10.1. The topological polar surface area (TPSA) is 72.2 Å². The van der Waals surface area contributed by atoms with Gasteiger partial charge < -0.3 is 19.8 Å². The minimum absolute atomic E-state index is 0.0404. The minimum atomic E-state index is 0.0404. The normalized spacial score (nSPS) is 15.7. The molecule has 0 spiro atoms. The maximum absolute atomic E-state index is 5.51. The van der Waals surface area contributed by atoms with Gasteiger partial charge in [-0.1, -0.05) is 5.10 Å². The molecule has 19 heavy (non-hydrogen) atoms. The number of aromatic nitrogens is 2. The lowest BCUT2D eigenvalue weighted by molar-refractivity contribution is 0.133. The molecule has 0 radical (unpaired) electrons. The minimum Gasteiger partial charge on any atom is -0.407 e. The molecule has 0 unspecified atom stereocenters. The van der Waals surface area contributed by atoms with E-state index in [-0.39, 0.29) is 5.54 Å². The molecule has 1 aliphatic carbocycles. The molecule has 2 N–H and O–H groups in total. The molecule has 1 heterocycles. The zero-order valence-electron chi connectivity index (χ0n) is 12.0. The third kappa shape index (κ3) is 6.02. The van der Waals surface area contributed by atoms with Gasteiger partial charge in [0.1, 0.15) is 0 Å². The van der Waals surface area contributed by atoms with E-state index in [4.69, 9.17) is 9.15 Å². The first kappa shape index (κ1) is 14.3. The molecule has 6 nitrogen and oxygen atoms in total. The van der Waals surface area contributed by atoms with Crippen LogP contribution >= 0.6 is 0 Å². The monoisotopic (exact) mass is 268 g/mol. The van der Waals surface area contributed by atoms with E-state index in [1.165, 1.54) is 12.8 Å². The highest BCUT2D eigenvalue weighted by atomic mass is 16.5. The fourth-order valence-electron chi connectivity index (χ4n) is 1.50. The van der Waals surface area contributed by atoms with Gasteiger partial charge in [0.25, 0.3) is 0 Å². The van der Waals surface area contributed by atoms with Crippen molar-refractivity contribution in [1.29, 1.82) is 0 Å². The second kappa shape index (κ2) is 6.34. The third-order valence-corrected chi connectivity index (χ3v) is 2.81. The summed E-state index contributed by atoms with van der Waals surface area (Å²) in [5, 5.41) is 14.3. The van der Waals surface area contributed by atoms with Crippen LogP contribution in [0.5, 0.6) is 0 Å². The van der Waals surface area contributed by atoms with Crippen LogP contribution < -0.4 is 10.6 Å². The standard InChI is InChI=1S/C13H24N4O2/c1-13(2,3)15-8-11-16-17-12(19-11)14-6-7-18-9-10-4-5-10/h10,15H,4-9H2,1-3H3,(H,14,17). The second-order valence-corrected chi connectivity index (χ2v) is 6.05. The highest BCUT2D eigenvalue weighted by Crippen LogP contribution is 2.28. The van der Waals surface area contributed by atoms with Crippen LogP contribution in [0.1, 0.15) is 39.5 Å². The molecular weight excluding hydrogens is 244 g/mol. The fraction of sp³-hybridized carbons (Fsp3) is 0.846. The zero-order valence-corrected chi connectivity index (χ0v) is 12.0. The van der Waals surface area contributed by atoms with Crippen molar-refractivity contribution in [2.45, 2.75) is 45.7 Å². The smallest absolute Gasteiger partial charge is 0.315 e. The van der Waals surface area contributed by atoms with Crippen molar-refractivity contribution in [3.05, 3.63) is 5.89 Å². The highest BCUT2D eigenvalue weighted by Gasteiger charge is 2.20. The van der Waals surface area contributed by atoms with Gasteiger partial charge in [-0.15, -0.1) is 5.10 Å². The van der Waals surface area contributed by atoms with Crippen LogP contribution in [0.15, 0.2) is 4.42 Å². The van der Waals surface area contributed by atoms with E-state index in [1.54, 1.807) is 0 Å². The first-order chi connectivity index (χ1) is 9.03. The van der Waals surface area contributed by atoms with Gasteiger partial charge >= 0.3 is 6.01 Å². The Hall–Kier alpha value is -1.14. The molecule has 108 valence electrons. The molecule has 1 aromatic heterocycles. The van der Waals surface area contributed by atoms with Crippen molar-refractivity contribution in [2.24, 2.45) is 5.92 Å². The highest BCUT2D eigenvalue weighted by molar-refractivity contribution is 5.16. The van der Waals surface area contributed by atoms with Crippen LogP contribution in [0.4, 0.5) is 6.01 Å². The van der Waals surface area contributed by atoms with Crippen molar-refractivity contribution >= 4 is 6.01 Å². The Balaban J connectivity index is 1.59. The van der Waals surface area contributed by atoms with Crippen LogP contribution in [0.25, 0.3) is 0 Å². The molecule has 0 bridgehead atoms. The van der Waals surface area contributed by atoms with Gasteiger partial charge in [0.15, 0.2) is 0 Å². The molecule has 0 atom stereocenters. The van der Waals surface area contributed by atoms with Crippen LogP contribution in [0.2, 0.25) is 0 Å². The Morgan fingerprint density at radius 2 is 2.11 bits per heavy atom. The summed E-state index contributed by atoms with van der Waals surface area (Å²) in [6.45, 7) is 9.12. The van der Waals surface area contributed by atoms with Gasteiger partial charge in [-0.3, -0.25) is 0 Å². The Bertz CT molecular complexity index is 382. The number of nitrogens with one attached hydrogen (secondary N) is 2. The number of nitrogens with zero attached hydrogens (tertiary/aromatic N) is 2. The SMILES string of the molecule is CC(C)(C)NCc1nnc(NCCOCC2CC2)o1. The Kier molecular flexibility index (Phi) is 4.76. The second-order valence-electron chi connectivity index (χ2n) is 6.05. The maximum atomic E-state index is 5.51. The van der Waals surface area contributed by atoms with Gasteiger partial charge in [0.2, 0.25) is 5.89 Å².